The Kier molecular flexibility index (Phi) is 13.0. The lowest BCUT2D eigenvalue weighted by atomic mass is 10.3. The molecule has 1 amide bonds. The second-order valence-electron chi connectivity index (χ2n) is 1.67. The fourth-order valence-corrected chi connectivity index (χ4v) is 0.201. The van der Waals surface area contributed by atoms with Gasteiger partial charge in [-0.15, -0.1) is 0 Å². The van der Waals surface area contributed by atoms with E-state index in [4.69, 9.17) is 0 Å². The Morgan fingerprint density at radius 3 is 2.10 bits per heavy atom. The summed E-state index contributed by atoms with van der Waals surface area (Å²) in [7, 11) is 3.75. The van der Waals surface area contributed by atoms with Gasteiger partial charge in [-0.1, -0.05) is 0 Å². The van der Waals surface area contributed by atoms with E-state index in [1.165, 1.54) is 0 Å². The molecule has 0 saturated carbocycles. The van der Waals surface area contributed by atoms with Crippen LogP contribution in [0.2, 0.25) is 0 Å². The average Bonchev–Trinajstić information content (AvgIpc) is 1.85. The lowest BCUT2D eigenvalue weighted by molar-refractivity contribution is -0.119. The first-order chi connectivity index (χ1) is 4.68. The third kappa shape index (κ3) is 27.5. The van der Waals surface area contributed by atoms with Crippen molar-refractivity contribution in [3.8, 4) is 0 Å². The lowest BCUT2D eigenvalue weighted by Gasteiger charge is -1.81. The number of carbonyl (C=O) groups excluding carboxylic acids is 2. The van der Waals surface area contributed by atoms with Crippen molar-refractivity contribution in [1.82, 2.24) is 5.32 Å². The molecule has 0 atom stereocenters. The number of hydrogen-bond donors (Lipinski definition) is 2. The number of rotatable bonds is 3. The number of nitrogens with one attached hydrogen (secondary N) is 1. The van der Waals surface area contributed by atoms with Gasteiger partial charge in [-0.2, -0.15) is 0 Å². The zero-order valence-electron chi connectivity index (χ0n) is 6.39. The summed E-state index contributed by atoms with van der Waals surface area (Å²) < 4.78 is 0. The highest BCUT2D eigenvalue weighted by atomic mass is 16.1. The molecule has 0 bridgehead atoms. The highest BCUT2D eigenvalue weighted by Gasteiger charge is 1.88. The number of primary amides is 1. The quantitative estimate of drug-likeness (QED) is 0.516. The van der Waals surface area contributed by atoms with E-state index in [2.05, 4.69) is 11.1 Å². The average molecular weight is 146 g/mol. The minimum Gasteiger partial charge on any atom is -0.370 e. The number of carbonyl (C=O) groups is 2. The summed E-state index contributed by atoms with van der Waals surface area (Å²) in [6.45, 7) is 0. The van der Waals surface area contributed by atoms with Crippen molar-refractivity contribution >= 4 is 12.2 Å². The molecule has 0 radical (unpaired) electrons. The molecular weight excluding hydrogens is 132 g/mol. The molecule has 0 rings (SSSR count). The smallest absolute Gasteiger partial charge is 0.217 e. The van der Waals surface area contributed by atoms with E-state index in [-0.39, 0.29) is 12.8 Å². The van der Waals surface area contributed by atoms with Crippen LogP contribution in [0.25, 0.3) is 0 Å². The molecule has 3 N–H and O–H groups in total. The van der Waals surface area contributed by atoms with Gasteiger partial charge >= 0.3 is 0 Å². The van der Waals surface area contributed by atoms with Gasteiger partial charge < -0.3 is 15.8 Å². The summed E-state index contributed by atoms with van der Waals surface area (Å²) in [5.74, 6) is -0.424. The van der Waals surface area contributed by atoms with E-state index in [0.29, 0.717) is 6.29 Å². The molecule has 60 valence electrons. The highest BCUT2D eigenvalue weighted by molar-refractivity contribution is 5.76. The first kappa shape index (κ1) is 11.8. The Labute approximate surface area is 60.8 Å². The van der Waals surface area contributed by atoms with Gasteiger partial charge in [0.15, 0.2) is 0 Å². The molecule has 0 aliphatic heterocycles. The maximum Gasteiger partial charge on any atom is 0.217 e. The zero-order valence-corrected chi connectivity index (χ0v) is 6.39. The summed E-state index contributed by atoms with van der Waals surface area (Å²) in [6, 6.07) is 0. The molecule has 0 unspecified atom stereocenters. The van der Waals surface area contributed by atoms with Crippen molar-refractivity contribution in [3.63, 3.8) is 0 Å². The Morgan fingerprint density at radius 2 is 2.00 bits per heavy atom. The minimum atomic E-state index is -0.424. The van der Waals surface area contributed by atoms with Gasteiger partial charge in [0.2, 0.25) is 5.91 Å². The zero-order chi connectivity index (χ0) is 8.41. The Bertz CT molecular complexity index is 93.7. The highest BCUT2D eigenvalue weighted by Crippen LogP contribution is 1.78. The van der Waals surface area contributed by atoms with E-state index >= 15 is 0 Å². The molecule has 0 saturated heterocycles. The van der Waals surface area contributed by atoms with Crippen molar-refractivity contribution in [2.75, 3.05) is 14.1 Å². The fraction of sp³-hybridized carbons (Fsp3) is 0.667. The van der Waals surface area contributed by atoms with Crippen molar-refractivity contribution in [3.05, 3.63) is 0 Å². The van der Waals surface area contributed by atoms with Crippen LogP contribution < -0.4 is 11.1 Å². The van der Waals surface area contributed by atoms with Crippen molar-refractivity contribution in [2.45, 2.75) is 12.8 Å². The molecule has 4 heteroatoms. The summed E-state index contributed by atoms with van der Waals surface area (Å²) in [5.41, 5.74) is 4.68. The maximum atomic E-state index is 9.82. The third-order valence-corrected chi connectivity index (χ3v) is 0.509. The van der Waals surface area contributed by atoms with Crippen LogP contribution in [0.3, 0.4) is 0 Å². The van der Waals surface area contributed by atoms with Crippen LogP contribution >= 0.6 is 0 Å². The van der Waals surface area contributed by atoms with Gasteiger partial charge in [-0.05, 0) is 14.1 Å². The largest absolute Gasteiger partial charge is 0.370 e. The normalized spacial score (nSPS) is 7.40. The van der Waals surface area contributed by atoms with Gasteiger partial charge in [0, 0.05) is 12.8 Å². The van der Waals surface area contributed by atoms with Gasteiger partial charge in [0.1, 0.15) is 6.29 Å². The molecule has 0 heterocycles. The molecule has 0 fully saturated rings. The predicted octanol–water partition coefficient (Wildman–Crippen LogP) is -0.714. The van der Waals surface area contributed by atoms with Crippen LogP contribution in [-0.4, -0.2) is 26.3 Å². The number of hydrogen-bond acceptors (Lipinski definition) is 3. The molecule has 0 aromatic rings. The van der Waals surface area contributed by atoms with Gasteiger partial charge in [-0.25, -0.2) is 0 Å². The van der Waals surface area contributed by atoms with Crippen LogP contribution in [-0.2, 0) is 9.59 Å². The molecule has 0 aromatic carbocycles. The van der Waals surface area contributed by atoms with E-state index in [9.17, 15) is 9.59 Å². The Hall–Kier alpha value is -0.900. The van der Waals surface area contributed by atoms with Gasteiger partial charge in [-0.3, -0.25) is 4.79 Å². The number of aldehydes is 1. The second kappa shape index (κ2) is 11.0. The number of nitrogens with two attached hydrogens (primary N) is 1. The number of amides is 1. The van der Waals surface area contributed by atoms with Gasteiger partial charge in [0.25, 0.3) is 0 Å². The van der Waals surface area contributed by atoms with E-state index in [1.54, 1.807) is 0 Å². The first-order valence-electron chi connectivity index (χ1n) is 2.99. The predicted molar refractivity (Wildman–Crippen MR) is 39.5 cm³/mol. The van der Waals surface area contributed by atoms with Crippen LogP contribution in [0, 0.1) is 0 Å². The standard InChI is InChI=1S/C4H7NO2.C2H7N/c5-4(7)2-1-3-6;1-3-2/h3H,1-2H2,(H2,5,7);3H,1-2H3. The molecule has 10 heavy (non-hydrogen) atoms. The Balaban J connectivity index is 0. The van der Waals surface area contributed by atoms with Gasteiger partial charge in [0.05, 0.1) is 0 Å². The van der Waals surface area contributed by atoms with Crippen molar-refractivity contribution in [1.29, 1.82) is 0 Å². The van der Waals surface area contributed by atoms with Crippen LogP contribution in [0.15, 0.2) is 0 Å². The summed E-state index contributed by atoms with van der Waals surface area (Å²) in [4.78, 5) is 19.3. The first-order valence-corrected chi connectivity index (χ1v) is 2.99. The SMILES string of the molecule is CNC.NC(=O)CCC=O. The minimum absolute atomic E-state index is 0.170. The summed E-state index contributed by atoms with van der Waals surface area (Å²) in [6.07, 6.45) is 1.09. The Morgan fingerprint density at radius 1 is 1.60 bits per heavy atom. The van der Waals surface area contributed by atoms with Crippen LogP contribution in [0.5, 0.6) is 0 Å². The van der Waals surface area contributed by atoms with Crippen molar-refractivity contribution in [2.24, 2.45) is 5.73 Å². The lowest BCUT2D eigenvalue weighted by Crippen LogP contribution is -2.09. The molecule has 4 nitrogen and oxygen atoms in total. The molecule has 0 spiro atoms. The fourth-order valence-electron chi connectivity index (χ4n) is 0.201. The van der Waals surface area contributed by atoms with Crippen molar-refractivity contribution < 1.29 is 9.59 Å². The maximum absolute atomic E-state index is 9.82. The summed E-state index contributed by atoms with van der Waals surface area (Å²) >= 11 is 0. The van der Waals surface area contributed by atoms with Crippen LogP contribution in [0.4, 0.5) is 0 Å². The topological polar surface area (TPSA) is 72.2 Å². The van der Waals surface area contributed by atoms with E-state index < -0.39 is 5.91 Å². The monoisotopic (exact) mass is 146 g/mol. The molecular formula is C6H14N2O2. The second-order valence-corrected chi connectivity index (χ2v) is 1.67. The summed E-state index contributed by atoms with van der Waals surface area (Å²) in [5, 5.41) is 2.75. The van der Waals surface area contributed by atoms with Crippen LogP contribution in [0.1, 0.15) is 12.8 Å². The van der Waals surface area contributed by atoms with E-state index in [1.807, 2.05) is 14.1 Å². The molecule has 0 aromatic heterocycles. The van der Waals surface area contributed by atoms with E-state index in [0.717, 1.165) is 0 Å². The third-order valence-electron chi connectivity index (χ3n) is 0.509. The molecule has 0 aliphatic carbocycles. The molecule has 0 aliphatic rings.